The molecule has 1 amide bonds. The molecule has 4 nitrogen and oxygen atoms in total. The van der Waals surface area contributed by atoms with Crippen molar-refractivity contribution in [1.29, 1.82) is 0 Å². The molecule has 1 aromatic heterocycles. The summed E-state index contributed by atoms with van der Waals surface area (Å²) in [4.78, 5) is 15.3. The Labute approximate surface area is 147 Å². The van der Waals surface area contributed by atoms with Crippen molar-refractivity contribution in [3.05, 3.63) is 34.3 Å². The Morgan fingerprint density at radius 1 is 1.16 bits per heavy atom. The number of nitrogens with one attached hydrogen (secondary N) is 1. The Morgan fingerprint density at radius 3 is 2.72 bits per heavy atom. The number of hydrogen-bond donors (Lipinski definition) is 3. The SMILES string of the molecule is NC(=O)c1cc(F)c(C2CCC[C@H](N)C2)c2c3c([nH]c12)CCCCC3. The van der Waals surface area contributed by atoms with Crippen LogP contribution in [0.1, 0.15) is 78.0 Å². The zero-order chi connectivity index (χ0) is 17.6. The molecule has 134 valence electrons. The highest BCUT2D eigenvalue weighted by atomic mass is 19.1. The number of rotatable bonds is 2. The van der Waals surface area contributed by atoms with Crippen LogP contribution >= 0.6 is 0 Å². The molecule has 0 saturated heterocycles. The van der Waals surface area contributed by atoms with E-state index < -0.39 is 5.91 Å². The maximum atomic E-state index is 15.1. The monoisotopic (exact) mass is 343 g/mol. The highest BCUT2D eigenvalue weighted by Crippen LogP contribution is 2.42. The van der Waals surface area contributed by atoms with Gasteiger partial charge in [0, 0.05) is 22.7 Å². The van der Waals surface area contributed by atoms with Gasteiger partial charge in [-0.3, -0.25) is 4.79 Å². The van der Waals surface area contributed by atoms with Crippen LogP contribution in [0.3, 0.4) is 0 Å². The number of aryl methyl sites for hydroxylation is 2. The number of amides is 1. The molecular weight excluding hydrogens is 317 g/mol. The number of carbonyl (C=O) groups excluding carboxylic acids is 1. The Kier molecular flexibility index (Phi) is 4.28. The van der Waals surface area contributed by atoms with Gasteiger partial charge in [0.2, 0.25) is 0 Å². The summed E-state index contributed by atoms with van der Waals surface area (Å²) >= 11 is 0. The van der Waals surface area contributed by atoms with Crippen LogP contribution in [0.25, 0.3) is 10.9 Å². The number of hydrogen-bond acceptors (Lipinski definition) is 2. The maximum Gasteiger partial charge on any atom is 0.250 e. The first-order valence-corrected chi connectivity index (χ1v) is 9.47. The summed E-state index contributed by atoms with van der Waals surface area (Å²) in [5, 5.41) is 0.921. The number of benzene rings is 1. The van der Waals surface area contributed by atoms with Crippen molar-refractivity contribution in [2.45, 2.75) is 69.7 Å². The fourth-order valence-electron chi connectivity index (χ4n) is 4.84. The second-order valence-corrected chi connectivity index (χ2v) is 7.70. The number of carbonyl (C=O) groups is 1. The van der Waals surface area contributed by atoms with E-state index in [1.165, 1.54) is 18.1 Å². The van der Waals surface area contributed by atoms with E-state index >= 15 is 4.39 Å². The van der Waals surface area contributed by atoms with Crippen molar-refractivity contribution in [1.82, 2.24) is 4.98 Å². The number of aromatic nitrogens is 1. The zero-order valence-corrected chi connectivity index (χ0v) is 14.5. The van der Waals surface area contributed by atoms with Crippen LogP contribution in [0.4, 0.5) is 4.39 Å². The van der Waals surface area contributed by atoms with E-state index in [0.29, 0.717) is 0 Å². The molecule has 5 N–H and O–H groups in total. The summed E-state index contributed by atoms with van der Waals surface area (Å²) in [6, 6.07) is 1.46. The first-order valence-electron chi connectivity index (χ1n) is 9.47. The van der Waals surface area contributed by atoms with Gasteiger partial charge in [-0.05, 0) is 62.5 Å². The highest BCUT2D eigenvalue weighted by molar-refractivity contribution is 6.07. The number of primary amides is 1. The van der Waals surface area contributed by atoms with Crippen molar-refractivity contribution in [3.63, 3.8) is 0 Å². The van der Waals surface area contributed by atoms with Gasteiger partial charge in [0.05, 0.1) is 11.1 Å². The number of aromatic amines is 1. The van der Waals surface area contributed by atoms with Gasteiger partial charge in [-0.25, -0.2) is 4.39 Å². The fourth-order valence-corrected chi connectivity index (χ4v) is 4.84. The van der Waals surface area contributed by atoms with Gasteiger partial charge < -0.3 is 16.5 Å². The third-order valence-corrected chi connectivity index (χ3v) is 6.00. The summed E-state index contributed by atoms with van der Waals surface area (Å²) < 4.78 is 15.1. The summed E-state index contributed by atoms with van der Waals surface area (Å²) in [6.45, 7) is 0. The Bertz CT molecular complexity index is 826. The van der Waals surface area contributed by atoms with Crippen molar-refractivity contribution in [2.24, 2.45) is 11.5 Å². The van der Waals surface area contributed by atoms with Crippen molar-refractivity contribution in [2.75, 3.05) is 0 Å². The third-order valence-electron chi connectivity index (χ3n) is 6.00. The van der Waals surface area contributed by atoms with E-state index in [1.807, 2.05) is 0 Å². The molecule has 0 bridgehead atoms. The molecule has 2 aromatic rings. The van der Waals surface area contributed by atoms with Gasteiger partial charge in [0.15, 0.2) is 0 Å². The van der Waals surface area contributed by atoms with E-state index in [0.717, 1.165) is 73.5 Å². The maximum absolute atomic E-state index is 15.1. The molecule has 0 spiro atoms. The lowest BCUT2D eigenvalue weighted by Gasteiger charge is -2.28. The molecule has 4 rings (SSSR count). The van der Waals surface area contributed by atoms with Crippen LogP contribution in [0.5, 0.6) is 0 Å². The van der Waals surface area contributed by atoms with Crippen LogP contribution in [0.2, 0.25) is 0 Å². The molecule has 2 atom stereocenters. The van der Waals surface area contributed by atoms with Crippen molar-refractivity contribution in [3.8, 4) is 0 Å². The van der Waals surface area contributed by atoms with E-state index in [1.54, 1.807) is 0 Å². The first kappa shape index (κ1) is 16.6. The van der Waals surface area contributed by atoms with E-state index in [9.17, 15) is 4.79 Å². The van der Waals surface area contributed by atoms with E-state index in [2.05, 4.69) is 4.98 Å². The van der Waals surface area contributed by atoms with Crippen LogP contribution in [-0.4, -0.2) is 16.9 Å². The predicted molar refractivity (Wildman–Crippen MR) is 97.2 cm³/mol. The number of H-pyrrole nitrogens is 1. The van der Waals surface area contributed by atoms with Crippen LogP contribution < -0.4 is 11.5 Å². The lowest BCUT2D eigenvalue weighted by atomic mass is 9.79. The molecule has 2 aliphatic carbocycles. The minimum atomic E-state index is -0.577. The first-order chi connectivity index (χ1) is 12.1. The summed E-state index contributed by atoms with van der Waals surface area (Å²) in [5.41, 5.74) is 15.8. The molecule has 1 unspecified atom stereocenters. The average Bonchev–Trinajstić information content (AvgIpc) is 2.76. The molecule has 25 heavy (non-hydrogen) atoms. The second-order valence-electron chi connectivity index (χ2n) is 7.70. The fraction of sp³-hybridized carbons (Fsp3) is 0.550. The molecule has 0 radical (unpaired) electrons. The lowest BCUT2D eigenvalue weighted by molar-refractivity contribution is 0.100. The van der Waals surface area contributed by atoms with Gasteiger partial charge in [0.25, 0.3) is 5.91 Å². The summed E-state index contributed by atoms with van der Waals surface area (Å²) in [5.74, 6) is -0.755. The van der Waals surface area contributed by atoms with Crippen LogP contribution in [0, 0.1) is 5.82 Å². The normalized spacial score (nSPS) is 24.1. The minimum absolute atomic E-state index is 0.122. The van der Waals surface area contributed by atoms with Gasteiger partial charge in [-0.1, -0.05) is 12.8 Å². The second kappa shape index (κ2) is 6.45. The number of nitrogens with two attached hydrogens (primary N) is 2. The summed E-state index contributed by atoms with van der Waals surface area (Å²) in [6.07, 6.45) is 9.09. The predicted octanol–water partition coefficient (Wildman–Crippen LogP) is 3.66. The standard InChI is InChI=1S/C20H26FN3O/c21-15-10-14(20(23)25)19-18(13-7-2-1-3-8-16(13)24-19)17(15)11-5-4-6-12(22)9-11/h10-12,24H,1-9,22H2,(H2,23,25)/t11?,12-/m0/s1. The van der Waals surface area contributed by atoms with Gasteiger partial charge in [-0.15, -0.1) is 0 Å². The molecule has 1 aromatic carbocycles. The lowest BCUT2D eigenvalue weighted by Crippen LogP contribution is -2.27. The molecule has 1 heterocycles. The average molecular weight is 343 g/mol. The highest BCUT2D eigenvalue weighted by Gasteiger charge is 2.30. The Morgan fingerprint density at radius 2 is 1.96 bits per heavy atom. The van der Waals surface area contributed by atoms with Crippen LogP contribution in [-0.2, 0) is 12.8 Å². The van der Waals surface area contributed by atoms with Crippen LogP contribution in [0.15, 0.2) is 6.07 Å². The Hall–Kier alpha value is -1.88. The minimum Gasteiger partial charge on any atom is -0.366 e. The topological polar surface area (TPSA) is 84.9 Å². The molecule has 2 aliphatic rings. The number of fused-ring (bicyclic) bond motifs is 3. The molecule has 1 saturated carbocycles. The zero-order valence-electron chi connectivity index (χ0n) is 14.5. The van der Waals surface area contributed by atoms with Crippen molar-refractivity contribution >= 4 is 16.8 Å². The largest absolute Gasteiger partial charge is 0.366 e. The Balaban J connectivity index is 1.98. The van der Waals surface area contributed by atoms with E-state index in [4.69, 9.17) is 11.5 Å². The summed E-state index contributed by atoms with van der Waals surface area (Å²) in [7, 11) is 0. The number of halogens is 1. The van der Waals surface area contributed by atoms with Gasteiger partial charge in [-0.2, -0.15) is 0 Å². The molecular formula is C20H26FN3O. The quantitative estimate of drug-likeness (QED) is 0.727. The molecule has 1 fully saturated rings. The molecule has 0 aliphatic heterocycles. The smallest absolute Gasteiger partial charge is 0.250 e. The third kappa shape index (κ3) is 2.84. The van der Waals surface area contributed by atoms with E-state index in [-0.39, 0.29) is 23.3 Å². The van der Waals surface area contributed by atoms with Gasteiger partial charge >= 0.3 is 0 Å². The van der Waals surface area contributed by atoms with Crippen molar-refractivity contribution < 1.29 is 9.18 Å². The molecule has 5 heteroatoms. The van der Waals surface area contributed by atoms with Gasteiger partial charge in [0.1, 0.15) is 5.82 Å².